The largest absolute Gasteiger partial charge is 0.477 e. The molecule has 3 aromatic rings. The molecule has 1 fully saturated rings. The third-order valence-corrected chi connectivity index (χ3v) is 10.7. The van der Waals surface area contributed by atoms with Crippen LogP contribution in [0.3, 0.4) is 0 Å². The zero-order valence-corrected chi connectivity index (χ0v) is 27.6. The number of benzene rings is 2. The zero-order chi connectivity index (χ0) is 31.9. The van der Waals surface area contributed by atoms with Crippen molar-refractivity contribution in [2.75, 3.05) is 32.0 Å². The van der Waals surface area contributed by atoms with Crippen LogP contribution in [0.2, 0.25) is 0 Å². The molecule has 1 aliphatic carbocycles. The molecule has 0 radical (unpaired) electrons. The lowest BCUT2D eigenvalue weighted by atomic mass is 9.45. The molecular weight excluding hydrogens is 576 g/mol. The number of nitrogens with zero attached hydrogens (tertiary/aromatic N) is 3. The standard InChI is InChI=1S/C34H44N4O5S/c1-22(2)16-26-19-43-29-18-28(30-23(3)10-8-11-24(30)4)35-31(36-29)37-44(40,41)27-13-9-12-25(17-27)34(26)20-33(5,21-34)14-15-38(6)32(39)42-7/h8-13,17-18,22,26H,14-16,19-21H2,1-7H3,(H,35,36,37)/t26-,33?,34?/m1/s1. The van der Waals surface area contributed by atoms with Gasteiger partial charge in [-0.15, -0.1) is 0 Å². The first-order valence-electron chi connectivity index (χ1n) is 15.3. The molecule has 5 rings (SSSR count). The monoisotopic (exact) mass is 620 g/mol. The van der Waals surface area contributed by atoms with Crippen LogP contribution in [-0.4, -0.2) is 56.7 Å². The Hall–Kier alpha value is -3.66. The smallest absolute Gasteiger partial charge is 0.409 e. The number of nitrogens with one attached hydrogen (secondary N) is 1. The van der Waals surface area contributed by atoms with Gasteiger partial charge in [-0.3, -0.25) is 0 Å². The molecule has 1 spiro atoms. The Morgan fingerprint density at radius 2 is 1.80 bits per heavy atom. The van der Waals surface area contributed by atoms with Gasteiger partial charge in [-0.1, -0.05) is 51.1 Å². The minimum Gasteiger partial charge on any atom is -0.477 e. The first-order chi connectivity index (χ1) is 20.7. The molecule has 2 aromatic carbocycles. The lowest BCUT2D eigenvalue weighted by molar-refractivity contribution is -0.0368. The number of anilines is 1. The van der Waals surface area contributed by atoms with Crippen molar-refractivity contribution in [1.29, 1.82) is 0 Å². The average molecular weight is 621 g/mol. The van der Waals surface area contributed by atoms with E-state index in [2.05, 4.69) is 35.5 Å². The highest BCUT2D eigenvalue weighted by Gasteiger charge is 2.56. The average Bonchev–Trinajstić information content (AvgIpc) is 2.95. The number of hydrogen-bond acceptors (Lipinski definition) is 7. The summed E-state index contributed by atoms with van der Waals surface area (Å²) in [5, 5.41) is 0. The van der Waals surface area contributed by atoms with Crippen LogP contribution < -0.4 is 9.46 Å². The van der Waals surface area contributed by atoms with E-state index in [9.17, 15) is 13.2 Å². The Balaban J connectivity index is 1.58. The molecule has 1 saturated carbocycles. The van der Waals surface area contributed by atoms with Gasteiger partial charge in [-0.05, 0) is 79.7 Å². The highest BCUT2D eigenvalue weighted by atomic mass is 32.2. The molecule has 2 heterocycles. The fourth-order valence-electron chi connectivity index (χ4n) is 7.31. The molecule has 44 heavy (non-hydrogen) atoms. The highest BCUT2D eigenvalue weighted by Crippen LogP contribution is 2.62. The van der Waals surface area contributed by atoms with Gasteiger partial charge < -0.3 is 14.4 Å². The van der Waals surface area contributed by atoms with E-state index in [0.717, 1.165) is 47.9 Å². The lowest BCUT2D eigenvalue weighted by Gasteiger charge is -2.59. The van der Waals surface area contributed by atoms with Crippen LogP contribution in [0.1, 0.15) is 63.1 Å². The Morgan fingerprint density at radius 1 is 1.11 bits per heavy atom. The Morgan fingerprint density at radius 3 is 2.45 bits per heavy atom. The van der Waals surface area contributed by atoms with E-state index < -0.39 is 10.0 Å². The maximum absolute atomic E-state index is 13.8. The third-order valence-electron chi connectivity index (χ3n) is 9.38. The number of rotatable bonds is 6. The Kier molecular flexibility index (Phi) is 8.68. The number of carbonyl (C=O) groups excluding carboxylic acids is 1. The van der Waals surface area contributed by atoms with Crippen molar-refractivity contribution >= 4 is 22.1 Å². The molecule has 1 aromatic heterocycles. The predicted octanol–water partition coefficient (Wildman–Crippen LogP) is 6.74. The van der Waals surface area contributed by atoms with Gasteiger partial charge in [0.25, 0.3) is 10.0 Å². The van der Waals surface area contributed by atoms with Crippen LogP contribution >= 0.6 is 0 Å². The second kappa shape index (κ2) is 12.0. The number of carbonyl (C=O) groups is 1. The van der Waals surface area contributed by atoms with Gasteiger partial charge in [0, 0.05) is 36.6 Å². The van der Waals surface area contributed by atoms with E-state index in [0.29, 0.717) is 30.6 Å². The first-order valence-corrected chi connectivity index (χ1v) is 16.7. The number of methoxy groups -OCH3 is 1. The number of aromatic nitrogens is 2. The van der Waals surface area contributed by atoms with Crippen molar-refractivity contribution in [2.45, 2.75) is 70.6 Å². The quantitative estimate of drug-likeness (QED) is 0.325. The van der Waals surface area contributed by atoms with E-state index in [1.54, 1.807) is 18.0 Å². The Labute approximate surface area is 261 Å². The number of hydrogen-bond donors (Lipinski definition) is 1. The molecule has 1 aliphatic heterocycles. The van der Waals surface area contributed by atoms with Gasteiger partial charge in [-0.25, -0.2) is 22.9 Å². The maximum atomic E-state index is 13.8. The van der Waals surface area contributed by atoms with Gasteiger partial charge >= 0.3 is 6.09 Å². The van der Waals surface area contributed by atoms with Crippen LogP contribution in [0.4, 0.5) is 10.7 Å². The summed E-state index contributed by atoms with van der Waals surface area (Å²) in [4.78, 5) is 23.0. The molecule has 4 bridgehead atoms. The number of sulfonamides is 1. The summed E-state index contributed by atoms with van der Waals surface area (Å²) in [6.07, 6.45) is 3.04. The first kappa shape index (κ1) is 31.8. The molecule has 2 aliphatic rings. The normalized spacial score (nSPS) is 23.9. The van der Waals surface area contributed by atoms with Gasteiger partial charge in [-0.2, -0.15) is 4.98 Å². The zero-order valence-electron chi connectivity index (χ0n) is 26.8. The minimum atomic E-state index is -3.99. The minimum absolute atomic E-state index is 0.0211. The molecule has 0 saturated heterocycles. The van der Waals surface area contributed by atoms with Crippen LogP contribution in [0.15, 0.2) is 53.4 Å². The molecule has 10 heteroatoms. The number of fused-ring (bicyclic) bond motifs is 5. The summed E-state index contributed by atoms with van der Waals surface area (Å²) in [5.74, 6) is 0.809. The predicted molar refractivity (Wildman–Crippen MR) is 171 cm³/mol. The van der Waals surface area contributed by atoms with E-state index in [-0.39, 0.29) is 33.7 Å². The summed E-state index contributed by atoms with van der Waals surface area (Å²) in [6, 6.07) is 15.1. The summed E-state index contributed by atoms with van der Waals surface area (Å²) >= 11 is 0. The van der Waals surface area contributed by atoms with E-state index in [1.165, 1.54) is 7.11 Å². The van der Waals surface area contributed by atoms with Crippen molar-refractivity contribution in [3.8, 4) is 17.1 Å². The lowest BCUT2D eigenvalue weighted by Crippen LogP contribution is -2.55. The van der Waals surface area contributed by atoms with Crippen LogP contribution in [-0.2, 0) is 20.2 Å². The summed E-state index contributed by atoms with van der Waals surface area (Å²) in [6.45, 7) is 11.7. The van der Waals surface area contributed by atoms with Gasteiger partial charge in [0.15, 0.2) is 0 Å². The van der Waals surface area contributed by atoms with Crippen molar-refractivity contribution in [1.82, 2.24) is 14.9 Å². The fourth-order valence-corrected chi connectivity index (χ4v) is 8.30. The molecular formula is C34H44N4O5S. The molecule has 9 nitrogen and oxygen atoms in total. The van der Waals surface area contributed by atoms with Gasteiger partial charge in [0.1, 0.15) is 0 Å². The SMILES string of the molecule is COC(=O)N(C)CCC1(C)CC2(C1)c1cccc(c1)S(=O)(=O)Nc1nc(cc(-c3c(C)cccc3C)n1)OC[C@H]2CC(C)C. The fraction of sp³-hybridized carbons (Fsp3) is 0.500. The summed E-state index contributed by atoms with van der Waals surface area (Å²) in [5.41, 5.74) is 4.24. The Bertz CT molecular complexity index is 1630. The van der Waals surface area contributed by atoms with Crippen molar-refractivity contribution in [3.63, 3.8) is 0 Å². The molecule has 1 amide bonds. The maximum Gasteiger partial charge on any atom is 0.409 e. The van der Waals surface area contributed by atoms with Crippen molar-refractivity contribution < 1.29 is 22.7 Å². The second-order valence-corrected chi connectivity index (χ2v) is 15.1. The molecule has 236 valence electrons. The number of ether oxygens (including phenoxy) is 2. The second-order valence-electron chi connectivity index (χ2n) is 13.4. The van der Waals surface area contributed by atoms with E-state index in [1.807, 2.05) is 56.3 Å². The molecule has 1 atom stereocenters. The van der Waals surface area contributed by atoms with Crippen molar-refractivity contribution in [3.05, 3.63) is 65.2 Å². The van der Waals surface area contributed by atoms with Crippen LogP contribution in [0.5, 0.6) is 5.88 Å². The number of aryl methyl sites for hydroxylation is 2. The van der Waals surface area contributed by atoms with Gasteiger partial charge in [0.2, 0.25) is 11.8 Å². The molecule has 0 unspecified atom stereocenters. The third kappa shape index (κ3) is 6.27. The van der Waals surface area contributed by atoms with Gasteiger partial charge in [0.05, 0.1) is 24.3 Å². The van der Waals surface area contributed by atoms with Crippen LogP contribution in [0.25, 0.3) is 11.3 Å². The topological polar surface area (TPSA) is 111 Å². The van der Waals surface area contributed by atoms with E-state index >= 15 is 0 Å². The molecule has 1 N–H and O–H groups in total. The summed E-state index contributed by atoms with van der Waals surface area (Å²) < 4.78 is 41.5. The number of amides is 1. The van der Waals surface area contributed by atoms with E-state index in [4.69, 9.17) is 9.47 Å². The van der Waals surface area contributed by atoms with Crippen molar-refractivity contribution in [2.24, 2.45) is 17.3 Å². The highest BCUT2D eigenvalue weighted by molar-refractivity contribution is 7.92. The summed E-state index contributed by atoms with van der Waals surface area (Å²) in [7, 11) is -0.852. The van der Waals surface area contributed by atoms with Crippen LogP contribution in [0, 0.1) is 31.1 Å².